The third-order valence-corrected chi connectivity index (χ3v) is 4.62. The van der Waals surface area contributed by atoms with Crippen LogP contribution in [0, 0.1) is 0 Å². The SMILES string of the molecule is O=C(O)CCCCCCCCC(O)CCCCCCCCCCO. The minimum atomic E-state index is -0.695. The van der Waals surface area contributed by atoms with Gasteiger partial charge >= 0.3 is 5.97 Å². The van der Waals surface area contributed by atoms with Crippen LogP contribution in [0.3, 0.4) is 0 Å². The van der Waals surface area contributed by atoms with Gasteiger partial charge in [-0.1, -0.05) is 77.0 Å². The van der Waals surface area contributed by atoms with Gasteiger partial charge in [-0.3, -0.25) is 4.79 Å². The number of carboxylic acids is 1. The predicted octanol–water partition coefficient (Wildman–Crippen LogP) is 5.06. The van der Waals surface area contributed by atoms with E-state index in [9.17, 15) is 9.90 Å². The van der Waals surface area contributed by atoms with Gasteiger partial charge in [-0.2, -0.15) is 0 Å². The van der Waals surface area contributed by atoms with Crippen molar-refractivity contribution in [2.24, 2.45) is 0 Å². The second-order valence-corrected chi connectivity index (χ2v) is 7.05. The van der Waals surface area contributed by atoms with Crippen LogP contribution in [0.1, 0.15) is 109 Å². The van der Waals surface area contributed by atoms with Crippen molar-refractivity contribution < 1.29 is 20.1 Å². The molecule has 0 aliphatic heterocycles. The maximum Gasteiger partial charge on any atom is 0.303 e. The molecule has 0 spiro atoms. The lowest BCUT2D eigenvalue weighted by Crippen LogP contribution is -2.05. The zero-order valence-corrected chi connectivity index (χ0v) is 15.6. The fourth-order valence-electron chi connectivity index (χ4n) is 3.06. The molecule has 4 heteroatoms. The average Bonchev–Trinajstić information content (AvgIpc) is 2.55. The summed E-state index contributed by atoms with van der Waals surface area (Å²) >= 11 is 0. The first-order valence-corrected chi connectivity index (χ1v) is 10.2. The quantitative estimate of drug-likeness (QED) is 0.286. The fraction of sp³-hybridized carbons (Fsp3) is 0.950. The lowest BCUT2D eigenvalue weighted by atomic mass is 10.0. The van der Waals surface area contributed by atoms with Crippen LogP contribution in [0.2, 0.25) is 0 Å². The Balaban J connectivity index is 3.16. The summed E-state index contributed by atoms with van der Waals surface area (Å²) in [6, 6.07) is 0. The molecule has 0 saturated carbocycles. The number of carboxylic acid groups (broad SMARTS) is 1. The van der Waals surface area contributed by atoms with Crippen LogP contribution in [0.5, 0.6) is 0 Å². The highest BCUT2D eigenvalue weighted by atomic mass is 16.4. The molecule has 1 atom stereocenters. The smallest absolute Gasteiger partial charge is 0.303 e. The van der Waals surface area contributed by atoms with E-state index < -0.39 is 5.97 Å². The molecule has 0 rings (SSSR count). The molecule has 0 aromatic rings. The molecular formula is C20H40O4. The number of hydrogen-bond acceptors (Lipinski definition) is 3. The van der Waals surface area contributed by atoms with Gasteiger partial charge in [0.2, 0.25) is 0 Å². The van der Waals surface area contributed by atoms with Gasteiger partial charge in [0, 0.05) is 13.0 Å². The van der Waals surface area contributed by atoms with Gasteiger partial charge in [0.25, 0.3) is 0 Å². The number of rotatable bonds is 19. The first-order chi connectivity index (χ1) is 11.7. The first-order valence-electron chi connectivity index (χ1n) is 10.2. The molecule has 0 aromatic heterocycles. The lowest BCUT2D eigenvalue weighted by Gasteiger charge is -2.10. The molecule has 0 saturated heterocycles. The van der Waals surface area contributed by atoms with Gasteiger partial charge in [0.15, 0.2) is 0 Å². The Morgan fingerprint density at radius 3 is 1.42 bits per heavy atom. The number of aliphatic hydroxyl groups excluding tert-OH is 2. The van der Waals surface area contributed by atoms with Crippen LogP contribution in [0.25, 0.3) is 0 Å². The largest absolute Gasteiger partial charge is 0.481 e. The highest BCUT2D eigenvalue weighted by Crippen LogP contribution is 2.14. The van der Waals surface area contributed by atoms with E-state index in [4.69, 9.17) is 10.2 Å². The molecule has 0 amide bonds. The van der Waals surface area contributed by atoms with E-state index in [0.29, 0.717) is 13.0 Å². The third-order valence-electron chi connectivity index (χ3n) is 4.62. The van der Waals surface area contributed by atoms with Gasteiger partial charge in [-0.25, -0.2) is 0 Å². The second kappa shape index (κ2) is 18.7. The van der Waals surface area contributed by atoms with E-state index in [1.807, 2.05) is 0 Å². The van der Waals surface area contributed by atoms with Crippen molar-refractivity contribution in [1.29, 1.82) is 0 Å². The van der Waals surface area contributed by atoms with Gasteiger partial charge in [0.05, 0.1) is 6.10 Å². The molecule has 0 aromatic carbocycles. The Kier molecular flexibility index (Phi) is 18.2. The van der Waals surface area contributed by atoms with Gasteiger partial charge in [-0.15, -0.1) is 0 Å². The number of aliphatic carboxylic acids is 1. The maximum absolute atomic E-state index is 10.4. The monoisotopic (exact) mass is 344 g/mol. The zero-order chi connectivity index (χ0) is 17.9. The van der Waals surface area contributed by atoms with Crippen molar-refractivity contribution in [3.8, 4) is 0 Å². The molecule has 0 heterocycles. The van der Waals surface area contributed by atoms with E-state index in [2.05, 4.69) is 0 Å². The minimum Gasteiger partial charge on any atom is -0.481 e. The second-order valence-electron chi connectivity index (χ2n) is 7.05. The van der Waals surface area contributed by atoms with Crippen molar-refractivity contribution in [1.82, 2.24) is 0 Å². The Morgan fingerprint density at radius 2 is 1.00 bits per heavy atom. The Morgan fingerprint density at radius 1 is 0.625 bits per heavy atom. The summed E-state index contributed by atoms with van der Waals surface area (Å²) in [5.74, 6) is -0.695. The van der Waals surface area contributed by atoms with Crippen LogP contribution >= 0.6 is 0 Å². The lowest BCUT2D eigenvalue weighted by molar-refractivity contribution is -0.137. The number of carbonyl (C=O) groups is 1. The molecule has 3 N–H and O–H groups in total. The van der Waals surface area contributed by atoms with E-state index in [-0.39, 0.29) is 6.10 Å². The standard InChI is InChI=1S/C20H40O4/c21-18-14-10-6-2-1-3-7-11-15-19(22)16-12-8-4-5-9-13-17-20(23)24/h19,21-22H,1-18H2,(H,23,24). The van der Waals surface area contributed by atoms with Crippen molar-refractivity contribution in [3.63, 3.8) is 0 Å². The molecule has 24 heavy (non-hydrogen) atoms. The molecule has 0 fully saturated rings. The normalized spacial score (nSPS) is 12.4. The molecule has 0 bridgehead atoms. The van der Waals surface area contributed by atoms with Crippen molar-refractivity contribution in [2.75, 3.05) is 6.61 Å². The Labute approximate surface area is 148 Å². The highest BCUT2D eigenvalue weighted by Gasteiger charge is 2.04. The van der Waals surface area contributed by atoms with Gasteiger partial charge in [-0.05, 0) is 25.7 Å². The van der Waals surface area contributed by atoms with E-state index >= 15 is 0 Å². The van der Waals surface area contributed by atoms with Crippen LogP contribution in [-0.4, -0.2) is 34.0 Å². The molecule has 144 valence electrons. The van der Waals surface area contributed by atoms with E-state index in [1.54, 1.807) is 0 Å². The molecule has 0 aliphatic carbocycles. The van der Waals surface area contributed by atoms with Crippen molar-refractivity contribution >= 4 is 5.97 Å². The Bertz CT molecular complexity index is 268. The minimum absolute atomic E-state index is 0.137. The number of hydrogen-bond donors (Lipinski definition) is 3. The van der Waals surface area contributed by atoms with Gasteiger partial charge in [0.1, 0.15) is 0 Å². The summed E-state index contributed by atoms with van der Waals surface area (Å²) < 4.78 is 0. The summed E-state index contributed by atoms with van der Waals surface area (Å²) in [5.41, 5.74) is 0. The van der Waals surface area contributed by atoms with Gasteiger partial charge < -0.3 is 15.3 Å². The Hall–Kier alpha value is -0.610. The van der Waals surface area contributed by atoms with Crippen LogP contribution in [0.4, 0.5) is 0 Å². The molecule has 1 unspecified atom stereocenters. The van der Waals surface area contributed by atoms with Crippen LogP contribution < -0.4 is 0 Å². The summed E-state index contributed by atoms with van der Waals surface area (Å²) in [6.07, 6.45) is 17.8. The number of aliphatic hydroxyl groups is 2. The van der Waals surface area contributed by atoms with Crippen molar-refractivity contribution in [3.05, 3.63) is 0 Å². The zero-order valence-electron chi connectivity index (χ0n) is 15.6. The summed E-state index contributed by atoms with van der Waals surface area (Å²) in [5, 5.41) is 27.2. The average molecular weight is 345 g/mol. The summed E-state index contributed by atoms with van der Waals surface area (Å²) in [7, 11) is 0. The van der Waals surface area contributed by atoms with Crippen LogP contribution in [-0.2, 0) is 4.79 Å². The highest BCUT2D eigenvalue weighted by molar-refractivity contribution is 5.66. The topological polar surface area (TPSA) is 77.8 Å². The summed E-state index contributed by atoms with van der Waals surface area (Å²) in [6.45, 7) is 0.322. The fourth-order valence-corrected chi connectivity index (χ4v) is 3.06. The third kappa shape index (κ3) is 19.4. The molecule has 4 nitrogen and oxygen atoms in total. The molecular weight excluding hydrogens is 304 g/mol. The number of unbranched alkanes of at least 4 members (excludes halogenated alkanes) is 12. The summed E-state index contributed by atoms with van der Waals surface area (Å²) in [4.78, 5) is 10.4. The first kappa shape index (κ1) is 23.4. The van der Waals surface area contributed by atoms with Crippen molar-refractivity contribution in [2.45, 2.75) is 115 Å². The van der Waals surface area contributed by atoms with Crippen LogP contribution in [0.15, 0.2) is 0 Å². The maximum atomic E-state index is 10.4. The molecule has 0 radical (unpaired) electrons. The van der Waals surface area contributed by atoms with E-state index in [1.165, 1.54) is 32.1 Å². The predicted molar refractivity (Wildman–Crippen MR) is 99.2 cm³/mol. The van der Waals surface area contributed by atoms with E-state index in [0.717, 1.165) is 70.6 Å². The molecule has 0 aliphatic rings.